The van der Waals surface area contributed by atoms with Crippen LogP contribution in [0.5, 0.6) is 0 Å². The second kappa shape index (κ2) is 5.28. The lowest BCUT2D eigenvalue weighted by atomic mass is 9.73. The van der Waals surface area contributed by atoms with Gasteiger partial charge in [0.1, 0.15) is 6.10 Å². The Morgan fingerprint density at radius 2 is 1.88 bits per heavy atom. The van der Waals surface area contributed by atoms with Gasteiger partial charge in [-0.05, 0) is 55.5 Å². The van der Waals surface area contributed by atoms with Crippen LogP contribution in [-0.2, 0) is 0 Å². The normalized spacial score (nSPS) is 40.6. The van der Waals surface area contributed by atoms with Crippen molar-refractivity contribution in [2.45, 2.75) is 43.4 Å². The molecule has 3 saturated heterocycles. The van der Waals surface area contributed by atoms with Crippen molar-refractivity contribution < 1.29 is 15.0 Å². The minimum absolute atomic E-state index is 0.116. The quantitative estimate of drug-likeness (QED) is 0.811. The fourth-order valence-electron chi connectivity index (χ4n) is 5.44. The molecule has 4 aliphatic heterocycles. The van der Waals surface area contributed by atoms with Crippen LogP contribution in [0.4, 0.5) is 0 Å². The lowest BCUT2D eigenvalue weighted by molar-refractivity contribution is -0.0183. The molecule has 1 aromatic rings. The number of nitrogens with zero attached hydrogens (tertiary/aromatic N) is 2. The Kier molecular flexibility index (Phi) is 3.27. The van der Waals surface area contributed by atoms with Gasteiger partial charge in [0.2, 0.25) is 0 Å². The van der Waals surface area contributed by atoms with Crippen LogP contribution in [0.1, 0.15) is 52.8 Å². The maximum absolute atomic E-state index is 13.2. The predicted molar refractivity (Wildman–Crippen MR) is 88.8 cm³/mol. The topological polar surface area (TPSA) is 64.0 Å². The number of benzene rings is 1. The first-order valence-corrected chi connectivity index (χ1v) is 9.15. The first kappa shape index (κ1) is 14.9. The molecule has 6 rings (SSSR count). The van der Waals surface area contributed by atoms with Crippen LogP contribution in [0.2, 0.25) is 0 Å². The number of rotatable bonds is 1. The summed E-state index contributed by atoms with van der Waals surface area (Å²) >= 11 is 0. The maximum atomic E-state index is 13.2. The number of carbonyl (C=O) groups excluding carboxylic acids is 1. The molecule has 0 spiro atoms. The minimum Gasteiger partial charge on any atom is -0.390 e. The van der Waals surface area contributed by atoms with E-state index >= 15 is 0 Å². The van der Waals surface area contributed by atoms with Crippen LogP contribution in [0.25, 0.3) is 0 Å². The van der Waals surface area contributed by atoms with E-state index in [2.05, 4.69) is 9.80 Å². The molecular weight excluding hydrogens is 304 g/mol. The fourth-order valence-corrected chi connectivity index (χ4v) is 5.44. The Hall–Kier alpha value is -1.43. The van der Waals surface area contributed by atoms with Gasteiger partial charge in [-0.3, -0.25) is 4.79 Å². The van der Waals surface area contributed by atoms with Crippen LogP contribution >= 0.6 is 0 Å². The average Bonchev–Trinajstić information content (AvgIpc) is 2.63. The molecule has 1 aliphatic carbocycles. The Morgan fingerprint density at radius 3 is 2.58 bits per heavy atom. The van der Waals surface area contributed by atoms with Gasteiger partial charge in [-0.2, -0.15) is 0 Å². The summed E-state index contributed by atoms with van der Waals surface area (Å²) in [6.45, 7) is 4.00. The number of piperidine rings is 3. The van der Waals surface area contributed by atoms with E-state index in [1.807, 2.05) is 18.2 Å². The van der Waals surface area contributed by atoms with Crippen molar-refractivity contribution in [1.82, 2.24) is 9.80 Å². The monoisotopic (exact) mass is 328 g/mol. The molecule has 24 heavy (non-hydrogen) atoms. The lowest BCUT2D eigenvalue weighted by Crippen LogP contribution is -2.60. The van der Waals surface area contributed by atoms with Gasteiger partial charge in [-0.15, -0.1) is 0 Å². The molecule has 1 amide bonds. The van der Waals surface area contributed by atoms with Gasteiger partial charge in [-0.25, -0.2) is 0 Å². The second-order valence-electron chi connectivity index (χ2n) is 7.92. The molecule has 128 valence electrons. The summed E-state index contributed by atoms with van der Waals surface area (Å²) in [7, 11) is 0. The van der Waals surface area contributed by atoms with Crippen molar-refractivity contribution in [1.29, 1.82) is 0 Å². The van der Waals surface area contributed by atoms with E-state index in [9.17, 15) is 15.0 Å². The molecule has 5 nitrogen and oxygen atoms in total. The average molecular weight is 328 g/mol. The molecule has 2 bridgehead atoms. The molecule has 0 radical (unpaired) electrons. The summed E-state index contributed by atoms with van der Waals surface area (Å²) in [5, 5.41) is 20.5. The van der Waals surface area contributed by atoms with Crippen molar-refractivity contribution in [3.8, 4) is 0 Å². The molecule has 0 aromatic heterocycles. The molecule has 2 N–H and O–H groups in total. The largest absolute Gasteiger partial charge is 0.390 e. The summed E-state index contributed by atoms with van der Waals surface area (Å²) in [6.07, 6.45) is 1.31. The molecule has 3 fully saturated rings. The van der Waals surface area contributed by atoms with Gasteiger partial charge in [0.15, 0.2) is 0 Å². The number of amides is 1. The highest BCUT2D eigenvalue weighted by atomic mass is 16.3. The summed E-state index contributed by atoms with van der Waals surface area (Å²) in [6, 6.07) is 5.90. The van der Waals surface area contributed by atoms with Crippen LogP contribution in [0.15, 0.2) is 18.2 Å². The third-order valence-corrected chi connectivity index (χ3v) is 6.69. The summed E-state index contributed by atoms with van der Waals surface area (Å²) in [4.78, 5) is 17.7. The first-order valence-electron chi connectivity index (χ1n) is 9.15. The SMILES string of the molecule is O=C1c2cccc3c2[C@H](C[C@@H](O)[C@H]3O)CN1[C@@H]1CN2CCC1CC2. The second-order valence-corrected chi connectivity index (χ2v) is 7.92. The van der Waals surface area contributed by atoms with Crippen LogP contribution in [-0.4, -0.2) is 64.2 Å². The third kappa shape index (κ3) is 2.01. The zero-order valence-corrected chi connectivity index (χ0v) is 13.8. The lowest BCUT2D eigenvalue weighted by Gasteiger charge is -2.51. The molecular formula is C19H24N2O3. The van der Waals surface area contributed by atoms with E-state index in [-0.39, 0.29) is 11.8 Å². The van der Waals surface area contributed by atoms with E-state index in [4.69, 9.17) is 0 Å². The first-order chi connectivity index (χ1) is 11.6. The number of hydrogen-bond acceptors (Lipinski definition) is 4. The summed E-state index contributed by atoms with van der Waals surface area (Å²) in [5.41, 5.74) is 2.47. The highest BCUT2D eigenvalue weighted by Crippen LogP contribution is 2.44. The maximum Gasteiger partial charge on any atom is 0.254 e. The van der Waals surface area contributed by atoms with Gasteiger partial charge in [-0.1, -0.05) is 12.1 Å². The van der Waals surface area contributed by atoms with Gasteiger partial charge in [0.25, 0.3) is 5.91 Å². The Bertz CT molecular complexity index is 683. The highest BCUT2D eigenvalue weighted by molar-refractivity contribution is 5.98. The van der Waals surface area contributed by atoms with Crippen LogP contribution in [0, 0.1) is 5.92 Å². The zero-order valence-electron chi connectivity index (χ0n) is 13.8. The third-order valence-electron chi connectivity index (χ3n) is 6.69. The van der Waals surface area contributed by atoms with Gasteiger partial charge in [0.05, 0.1) is 6.10 Å². The van der Waals surface area contributed by atoms with E-state index in [1.165, 1.54) is 12.8 Å². The molecule has 0 unspecified atom stereocenters. The molecule has 5 aliphatic rings. The molecule has 5 heteroatoms. The number of fused-ring (bicyclic) bond motifs is 3. The molecule has 4 atom stereocenters. The van der Waals surface area contributed by atoms with Gasteiger partial charge in [0, 0.05) is 30.6 Å². The summed E-state index contributed by atoms with van der Waals surface area (Å²) in [5.74, 6) is 0.871. The van der Waals surface area contributed by atoms with Crippen molar-refractivity contribution in [3.63, 3.8) is 0 Å². The van der Waals surface area contributed by atoms with Gasteiger partial charge >= 0.3 is 0 Å². The number of carbonyl (C=O) groups is 1. The standard InChI is InChI=1S/C19H24N2O3/c22-16-8-12-9-21(15-10-20-6-4-11(15)5-7-20)19(24)14-3-1-2-13(17(12)14)18(16)23/h1-3,11-12,15-16,18,22-23H,4-10H2/t12-,15-,16-,18+/m1/s1. The smallest absolute Gasteiger partial charge is 0.254 e. The van der Waals surface area contributed by atoms with Crippen molar-refractivity contribution >= 4 is 5.91 Å². The Balaban J connectivity index is 1.54. The van der Waals surface area contributed by atoms with Crippen molar-refractivity contribution in [2.24, 2.45) is 5.92 Å². The van der Waals surface area contributed by atoms with Crippen molar-refractivity contribution in [2.75, 3.05) is 26.2 Å². The zero-order chi connectivity index (χ0) is 16.4. The van der Waals surface area contributed by atoms with E-state index in [0.717, 1.165) is 36.3 Å². The predicted octanol–water partition coefficient (Wildman–Crippen LogP) is 1.12. The number of hydrogen-bond donors (Lipinski definition) is 2. The highest BCUT2D eigenvalue weighted by Gasteiger charge is 2.46. The van der Waals surface area contributed by atoms with Crippen LogP contribution in [0.3, 0.4) is 0 Å². The molecule has 0 saturated carbocycles. The van der Waals surface area contributed by atoms with Gasteiger partial charge < -0.3 is 20.0 Å². The fraction of sp³-hybridized carbons (Fsp3) is 0.632. The Labute approximate surface area is 141 Å². The van der Waals surface area contributed by atoms with Crippen molar-refractivity contribution in [3.05, 3.63) is 34.9 Å². The van der Waals surface area contributed by atoms with E-state index < -0.39 is 12.2 Å². The minimum atomic E-state index is -0.868. The summed E-state index contributed by atoms with van der Waals surface area (Å²) < 4.78 is 0. The molecule has 1 aromatic carbocycles. The molecule has 4 heterocycles. The number of aliphatic hydroxyl groups is 2. The van der Waals surface area contributed by atoms with Crippen LogP contribution < -0.4 is 0 Å². The number of aliphatic hydroxyl groups excluding tert-OH is 2. The van der Waals surface area contributed by atoms with E-state index in [0.29, 0.717) is 24.9 Å². The Morgan fingerprint density at radius 1 is 1.08 bits per heavy atom. The van der Waals surface area contributed by atoms with E-state index in [1.54, 1.807) is 0 Å².